The number of alkyl halides is 2. The zero-order valence-electron chi connectivity index (χ0n) is 20.3. The second-order valence-electron chi connectivity index (χ2n) is 10.1. The van der Waals surface area contributed by atoms with Gasteiger partial charge in [0.2, 0.25) is 0 Å². The lowest BCUT2D eigenvalue weighted by Gasteiger charge is -2.39. The Balaban J connectivity index is 1.20. The number of benzene rings is 2. The lowest BCUT2D eigenvalue weighted by molar-refractivity contribution is -0.224. The molecule has 0 bridgehead atoms. The highest BCUT2D eigenvalue weighted by Crippen LogP contribution is 2.45. The molecule has 0 unspecified atom stereocenters. The fourth-order valence-corrected chi connectivity index (χ4v) is 5.64. The molecule has 0 heterocycles. The summed E-state index contributed by atoms with van der Waals surface area (Å²) >= 11 is 0. The summed E-state index contributed by atoms with van der Waals surface area (Å²) in [6.45, 7) is 3.92. The summed E-state index contributed by atoms with van der Waals surface area (Å²) in [7, 11) is 0. The Morgan fingerprint density at radius 2 is 1.47 bits per heavy atom. The summed E-state index contributed by atoms with van der Waals surface area (Å²) in [4.78, 5) is 0. The molecule has 0 N–H and O–H groups in total. The standard InChI is InChI=1S/C29H33F5O2/c1-2-3-19-4-5-22(27(31)16-19)18-35-24-12-8-21(9-13-24)20-6-10-23(11-7-20)29(33,34)36-25-14-15-26(30)28(32)17-25/h2,4-5,14-17,20-21,23-24H,1,3,6-13,18H2. The van der Waals surface area contributed by atoms with Crippen LogP contribution in [-0.4, -0.2) is 12.2 Å². The molecule has 2 aliphatic rings. The zero-order valence-corrected chi connectivity index (χ0v) is 20.3. The molecule has 0 spiro atoms. The van der Waals surface area contributed by atoms with Gasteiger partial charge in [-0.1, -0.05) is 18.2 Å². The number of ether oxygens (including phenoxy) is 2. The summed E-state index contributed by atoms with van der Waals surface area (Å²) in [5, 5.41) is 0. The van der Waals surface area contributed by atoms with Gasteiger partial charge in [0.25, 0.3) is 0 Å². The van der Waals surface area contributed by atoms with Crippen LogP contribution in [-0.2, 0) is 17.8 Å². The van der Waals surface area contributed by atoms with Crippen LogP contribution in [0.1, 0.15) is 62.5 Å². The lowest BCUT2D eigenvalue weighted by Crippen LogP contribution is -2.38. The van der Waals surface area contributed by atoms with E-state index >= 15 is 0 Å². The number of hydrogen-bond acceptors (Lipinski definition) is 2. The Hall–Kier alpha value is -2.41. The van der Waals surface area contributed by atoms with Crippen molar-refractivity contribution in [2.75, 3.05) is 0 Å². The molecule has 2 fully saturated rings. The average molecular weight is 509 g/mol. The quantitative estimate of drug-likeness (QED) is 0.250. The number of allylic oxidation sites excluding steroid dienone is 1. The Kier molecular flexibility index (Phi) is 8.70. The highest BCUT2D eigenvalue weighted by molar-refractivity contribution is 5.25. The predicted octanol–water partition coefficient (Wildman–Crippen LogP) is 8.39. The lowest BCUT2D eigenvalue weighted by atomic mass is 9.70. The van der Waals surface area contributed by atoms with Crippen molar-refractivity contribution in [3.8, 4) is 5.75 Å². The Morgan fingerprint density at radius 1 is 0.806 bits per heavy atom. The Morgan fingerprint density at radius 3 is 2.08 bits per heavy atom. The van der Waals surface area contributed by atoms with Gasteiger partial charge in [-0.3, -0.25) is 0 Å². The summed E-state index contributed by atoms with van der Waals surface area (Å²) < 4.78 is 80.8. The smallest absolute Gasteiger partial charge is 0.400 e. The van der Waals surface area contributed by atoms with Crippen molar-refractivity contribution in [2.45, 2.75) is 76.6 Å². The van der Waals surface area contributed by atoms with Crippen LogP contribution >= 0.6 is 0 Å². The normalized spacial score (nSPS) is 24.9. The van der Waals surface area contributed by atoms with E-state index < -0.39 is 23.7 Å². The molecule has 7 heteroatoms. The van der Waals surface area contributed by atoms with Crippen LogP contribution in [0.15, 0.2) is 49.1 Å². The van der Waals surface area contributed by atoms with E-state index in [9.17, 15) is 22.0 Å². The van der Waals surface area contributed by atoms with Gasteiger partial charge in [-0.25, -0.2) is 13.2 Å². The SMILES string of the molecule is C=CCc1ccc(COC2CCC(C3CCC(C(F)(F)Oc4ccc(F)c(F)c4)CC3)CC2)c(F)c1. The first-order valence-corrected chi connectivity index (χ1v) is 12.8. The first-order valence-electron chi connectivity index (χ1n) is 12.8. The Bertz CT molecular complexity index is 1020. The number of halogens is 5. The molecule has 0 atom stereocenters. The van der Waals surface area contributed by atoms with Crippen molar-refractivity contribution >= 4 is 0 Å². The maximum atomic E-state index is 14.7. The van der Waals surface area contributed by atoms with E-state index in [4.69, 9.17) is 9.47 Å². The summed E-state index contributed by atoms with van der Waals surface area (Å²) in [5.74, 6) is -3.03. The van der Waals surface area contributed by atoms with E-state index in [0.717, 1.165) is 43.4 Å². The van der Waals surface area contributed by atoms with Gasteiger partial charge in [-0.2, -0.15) is 8.78 Å². The van der Waals surface area contributed by atoms with Crippen molar-refractivity contribution in [3.63, 3.8) is 0 Å². The van der Waals surface area contributed by atoms with E-state index in [0.29, 0.717) is 55.6 Å². The van der Waals surface area contributed by atoms with E-state index in [1.807, 2.05) is 6.07 Å². The van der Waals surface area contributed by atoms with E-state index in [1.165, 1.54) is 6.07 Å². The fourth-order valence-electron chi connectivity index (χ4n) is 5.64. The third kappa shape index (κ3) is 6.67. The Labute approximate surface area is 209 Å². The third-order valence-corrected chi connectivity index (χ3v) is 7.75. The van der Waals surface area contributed by atoms with Crippen molar-refractivity contribution in [1.29, 1.82) is 0 Å². The molecule has 2 aromatic carbocycles. The molecule has 0 aliphatic heterocycles. The van der Waals surface area contributed by atoms with Gasteiger partial charge in [-0.15, -0.1) is 6.58 Å². The molecular weight excluding hydrogens is 475 g/mol. The summed E-state index contributed by atoms with van der Waals surface area (Å²) in [6, 6.07) is 7.65. The molecule has 2 aliphatic carbocycles. The summed E-state index contributed by atoms with van der Waals surface area (Å²) in [6.07, 6.45) is 4.79. The molecular formula is C29H33F5O2. The largest absolute Gasteiger partial charge is 0.432 e. The van der Waals surface area contributed by atoms with Gasteiger partial charge in [0.15, 0.2) is 11.6 Å². The van der Waals surface area contributed by atoms with Crippen LogP contribution in [0.5, 0.6) is 5.75 Å². The van der Waals surface area contributed by atoms with E-state index in [2.05, 4.69) is 6.58 Å². The average Bonchev–Trinajstić information content (AvgIpc) is 2.86. The molecule has 0 aromatic heterocycles. The van der Waals surface area contributed by atoms with Crippen molar-refractivity contribution in [3.05, 3.63) is 77.6 Å². The molecule has 0 radical (unpaired) electrons. The predicted molar refractivity (Wildman–Crippen MR) is 128 cm³/mol. The monoisotopic (exact) mass is 508 g/mol. The van der Waals surface area contributed by atoms with Crippen LogP contribution in [0, 0.1) is 35.2 Å². The molecule has 2 aromatic rings. The number of rotatable bonds is 9. The van der Waals surface area contributed by atoms with Gasteiger partial charge in [0.1, 0.15) is 11.6 Å². The zero-order chi connectivity index (χ0) is 25.7. The van der Waals surface area contributed by atoms with Crippen LogP contribution in [0.3, 0.4) is 0 Å². The second-order valence-corrected chi connectivity index (χ2v) is 10.1. The molecule has 36 heavy (non-hydrogen) atoms. The minimum absolute atomic E-state index is 0.0821. The van der Waals surface area contributed by atoms with Gasteiger partial charge in [-0.05, 0) is 93.4 Å². The van der Waals surface area contributed by atoms with E-state index in [-0.39, 0.29) is 24.3 Å². The second kappa shape index (κ2) is 11.8. The van der Waals surface area contributed by atoms with Crippen LogP contribution in [0.4, 0.5) is 22.0 Å². The molecule has 0 amide bonds. The molecule has 0 saturated heterocycles. The first-order chi connectivity index (χ1) is 17.2. The first kappa shape index (κ1) is 26.6. The maximum Gasteiger partial charge on any atom is 0.400 e. The highest BCUT2D eigenvalue weighted by Gasteiger charge is 2.45. The van der Waals surface area contributed by atoms with Crippen LogP contribution < -0.4 is 4.74 Å². The van der Waals surface area contributed by atoms with Gasteiger partial charge in [0, 0.05) is 11.6 Å². The van der Waals surface area contributed by atoms with Crippen molar-refractivity contribution in [2.24, 2.45) is 17.8 Å². The van der Waals surface area contributed by atoms with Crippen molar-refractivity contribution < 1.29 is 31.4 Å². The maximum absolute atomic E-state index is 14.7. The van der Waals surface area contributed by atoms with Gasteiger partial charge >= 0.3 is 6.11 Å². The molecule has 2 saturated carbocycles. The van der Waals surface area contributed by atoms with Crippen LogP contribution in [0.25, 0.3) is 0 Å². The fraction of sp³-hybridized carbons (Fsp3) is 0.517. The van der Waals surface area contributed by atoms with E-state index in [1.54, 1.807) is 12.1 Å². The van der Waals surface area contributed by atoms with Gasteiger partial charge in [0.05, 0.1) is 18.6 Å². The third-order valence-electron chi connectivity index (χ3n) is 7.75. The number of hydrogen-bond donors (Lipinski definition) is 0. The van der Waals surface area contributed by atoms with Crippen molar-refractivity contribution in [1.82, 2.24) is 0 Å². The summed E-state index contributed by atoms with van der Waals surface area (Å²) in [5.41, 5.74) is 1.44. The van der Waals surface area contributed by atoms with Crippen LogP contribution in [0.2, 0.25) is 0 Å². The van der Waals surface area contributed by atoms with Gasteiger partial charge < -0.3 is 9.47 Å². The molecule has 2 nitrogen and oxygen atoms in total. The highest BCUT2D eigenvalue weighted by atomic mass is 19.3. The topological polar surface area (TPSA) is 18.5 Å². The molecule has 196 valence electrons. The molecule has 4 rings (SSSR count). The minimum Gasteiger partial charge on any atom is -0.432 e. The minimum atomic E-state index is -3.43.